The quantitative estimate of drug-likeness (QED) is 0.673. The molecule has 0 aliphatic carbocycles. The molecule has 0 aliphatic rings. The van der Waals surface area contributed by atoms with E-state index in [1.165, 1.54) is 21.8 Å². The van der Waals surface area contributed by atoms with Crippen molar-refractivity contribution >= 4 is 21.8 Å². The highest BCUT2D eigenvalue weighted by molar-refractivity contribution is 6.07. The van der Waals surface area contributed by atoms with E-state index in [9.17, 15) is 0 Å². The molecule has 1 heterocycles. The summed E-state index contributed by atoms with van der Waals surface area (Å²) in [6.45, 7) is 4.52. The first-order valence-electron chi connectivity index (χ1n) is 6.08. The van der Waals surface area contributed by atoms with Crippen LogP contribution in [0.3, 0.4) is 0 Å². The van der Waals surface area contributed by atoms with Crippen LogP contribution in [0.5, 0.6) is 0 Å². The molecule has 1 aromatic heterocycles. The number of hydrogen-bond donors (Lipinski definition) is 1. The number of nitrogens with two attached hydrogens (primary N) is 1. The van der Waals surface area contributed by atoms with Gasteiger partial charge in [0.05, 0.1) is 17.7 Å². The van der Waals surface area contributed by atoms with E-state index in [4.69, 9.17) is 5.73 Å². The fraction of sp³-hybridized carbons (Fsp3) is 0.200. The lowest BCUT2D eigenvalue weighted by atomic mass is 10.2. The number of hydrogen-bond acceptors (Lipinski definition) is 1. The molecule has 0 radical (unpaired) electrons. The standard InChI is InChI=1S/C13H12N2.C2H6/c14-9-15-12-7-3-1-5-10(12)11-6-2-4-8-13(11)15;1-2/h1-8H,9,14H2;1-2H3. The summed E-state index contributed by atoms with van der Waals surface area (Å²) >= 11 is 0. The lowest BCUT2D eigenvalue weighted by molar-refractivity contribution is 0.791. The first-order chi connectivity index (χ1) is 8.42. The highest BCUT2D eigenvalue weighted by Crippen LogP contribution is 2.27. The first kappa shape index (κ1) is 11.7. The van der Waals surface area contributed by atoms with Crippen molar-refractivity contribution in [3.8, 4) is 0 Å². The van der Waals surface area contributed by atoms with E-state index in [0.717, 1.165) is 0 Å². The molecular weight excluding hydrogens is 208 g/mol. The Balaban J connectivity index is 0.000000514. The Morgan fingerprint density at radius 3 is 1.65 bits per heavy atom. The Morgan fingerprint density at radius 1 is 0.824 bits per heavy atom. The molecule has 3 rings (SSSR count). The lowest BCUT2D eigenvalue weighted by Gasteiger charge is -2.01. The van der Waals surface area contributed by atoms with Crippen LogP contribution in [-0.4, -0.2) is 4.57 Å². The molecule has 17 heavy (non-hydrogen) atoms. The van der Waals surface area contributed by atoms with Gasteiger partial charge in [-0.05, 0) is 12.1 Å². The fourth-order valence-electron chi connectivity index (χ4n) is 2.20. The number of benzene rings is 2. The Kier molecular flexibility index (Phi) is 3.45. The lowest BCUT2D eigenvalue weighted by Crippen LogP contribution is -2.05. The molecule has 0 spiro atoms. The smallest absolute Gasteiger partial charge is 0.0707 e. The maximum absolute atomic E-state index is 5.79. The van der Waals surface area contributed by atoms with Gasteiger partial charge in [-0.15, -0.1) is 0 Å². The van der Waals surface area contributed by atoms with E-state index in [1.54, 1.807) is 0 Å². The van der Waals surface area contributed by atoms with E-state index in [1.807, 2.05) is 26.0 Å². The summed E-state index contributed by atoms with van der Waals surface area (Å²) in [5.74, 6) is 0. The van der Waals surface area contributed by atoms with Crippen molar-refractivity contribution in [2.45, 2.75) is 20.5 Å². The van der Waals surface area contributed by atoms with Gasteiger partial charge < -0.3 is 10.3 Å². The van der Waals surface area contributed by atoms with Crippen molar-refractivity contribution < 1.29 is 0 Å². The Bertz CT molecular complexity index is 570. The summed E-state index contributed by atoms with van der Waals surface area (Å²) in [6.07, 6.45) is 0. The van der Waals surface area contributed by atoms with Crippen molar-refractivity contribution in [2.75, 3.05) is 0 Å². The van der Waals surface area contributed by atoms with E-state index >= 15 is 0 Å². The van der Waals surface area contributed by atoms with Gasteiger partial charge >= 0.3 is 0 Å². The zero-order valence-electron chi connectivity index (χ0n) is 10.4. The Morgan fingerprint density at radius 2 is 1.24 bits per heavy atom. The molecule has 3 aromatic rings. The summed E-state index contributed by atoms with van der Waals surface area (Å²) in [5.41, 5.74) is 8.21. The maximum Gasteiger partial charge on any atom is 0.0707 e. The summed E-state index contributed by atoms with van der Waals surface area (Å²) in [5, 5.41) is 2.55. The second-order valence-corrected chi connectivity index (χ2v) is 3.64. The second kappa shape index (κ2) is 5.02. The third-order valence-electron chi connectivity index (χ3n) is 2.86. The minimum absolute atomic E-state index is 0.522. The molecule has 0 bridgehead atoms. The third-order valence-corrected chi connectivity index (χ3v) is 2.86. The van der Waals surface area contributed by atoms with E-state index in [2.05, 4.69) is 41.0 Å². The molecule has 2 N–H and O–H groups in total. The Hall–Kier alpha value is -1.80. The molecule has 0 saturated heterocycles. The van der Waals surface area contributed by atoms with Crippen LogP contribution >= 0.6 is 0 Å². The zero-order chi connectivity index (χ0) is 12.3. The molecular formula is C15H18N2. The van der Waals surface area contributed by atoms with Gasteiger partial charge in [0, 0.05) is 10.8 Å². The molecule has 0 aliphatic heterocycles. The average Bonchev–Trinajstić information content (AvgIpc) is 2.75. The predicted molar refractivity (Wildman–Crippen MR) is 75.0 cm³/mol. The summed E-state index contributed by atoms with van der Waals surface area (Å²) in [6, 6.07) is 16.7. The van der Waals surface area contributed by atoms with Gasteiger partial charge in [0.15, 0.2) is 0 Å². The Labute approximate surface area is 102 Å². The van der Waals surface area contributed by atoms with Crippen molar-refractivity contribution in [1.82, 2.24) is 4.57 Å². The van der Waals surface area contributed by atoms with Crippen LogP contribution < -0.4 is 5.73 Å². The van der Waals surface area contributed by atoms with E-state index in [0.29, 0.717) is 6.67 Å². The number of aromatic nitrogens is 1. The van der Waals surface area contributed by atoms with Gasteiger partial charge in [-0.2, -0.15) is 0 Å². The van der Waals surface area contributed by atoms with Crippen LogP contribution in [0.15, 0.2) is 48.5 Å². The van der Waals surface area contributed by atoms with Crippen molar-refractivity contribution in [3.63, 3.8) is 0 Å². The van der Waals surface area contributed by atoms with Crippen LogP contribution in [-0.2, 0) is 6.67 Å². The third kappa shape index (κ3) is 1.81. The maximum atomic E-state index is 5.79. The van der Waals surface area contributed by atoms with Crippen molar-refractivity contribution in [2.24, 2.45) is 5.73 Å². The van der Waals surface area contributed by atoms with Gasteiger partial charge in [-0.3, -0.25) is 0 Å². The van der Waals surface area contributed by atoms with E-state index < -0.39 is 0 Å². The van der Waals surface area contributed by atoms with Gasteiger partial charge in [0.1, 0.15) is 0 Å². The van der Waals surface area contributed by atoms with Crippen LogP contribution in [0.1, 0.15) is 13.8 Å². The van der Waals surface area contributed by atoms with Crippen LogP contribution in [0.4, 0.5) is 0 Å². The van der Waals surface area contributed by atoms with Crippen molar-refractivity contribution in [3.05, 3.63) is 48.5 Å². The molecule has 2 aromatic carbocycles. The number of fused-ring (bicyclic) bond motifs is 3. The normalized spacial score (nSPS) is 10.3. The van der Waals surface area contributed by atoms with Gasteiger partial charge in [0.25, 0.3) is 0 Å². The molecule has 0 unspecified atom stereocenters. The number of nitrogens with zero attached hydrogens (tertiary/aromatic N) is 1. The van der Waals surface area contributed by atoms with Crippen LogP contribution in [0.25, 0.3) is 21.8 Å². The summed E-state index contributed by atoms with van der Waals surface area (Å²) in [4.78, 5) is 0. The van der Waals surface area contributed by atoms with Crippen LogP contribution in [0, 0.1) is 0 Å². The zero-order valence-corrected chi connectivity index (χ0v) is 10.4. The molecule has 0 fully saturated rings. The van der Waals surface area contributed by atoms with Gasteiger partial charge in [-0.25, -0.2) is 0 Å². The first-order valence-corrected chi connectivity index (χ1v) is 6.08. The topological polar surface area (TPSA) is 30.9 Å². The molecule has 88 valence electrons. The monoisotopic (exact) mass is 226 g/mol. The number of para-hydroxylation sites is 2. The van der Waals surface area contributed by atoms with Gasteiger partial charge in [-0.1, -0.05) is 50.2 Å². The van der Waals surface area contributed by atoms with Crippen LogP contribution in [0.2, 0.25) is 0 Å². The summed E-state index contributed by atoms with van der Waals surface area (Å²) < 4.78 is 2.14. The van der Waals surface area contributed by atoms with E-state index in [-0.39, 0.29) is 0 Å². The summed E-state index contributed by atoms with van der Waals surface area (Å²) in [7, 11) is 0. The highest BCUT2D eigenvalue weighted by Gasteiger charge is 2.06. The average molecular weight is 226 g/mol. The molecule has 0 atom stereocenters. The minimum atomic E-state index is 0.522. The molecule has 2 nitrogen and oxygen atoms in total. The molecule has 2 heteroatoms. The number of rotatable bonds is 1. The molecule has 0 amide bonds. The largest absolute Gasteiger partial charge is 0.327 e. The van der Waals surface area contributed by atoms with Crippen molar-refractivity contribution in [1.29, 1.82) is 0 Å². The second-order valence-electron chi connectivity index (χ2n) is 3.64. The minimum Gasteiger partial charge on any atom is -0.327 e. The van der Waals surface area contributed by atoms with Gasteiger partial charge in [0.2, 0.25) is 0 Å². The SMILES string of the molecule is CC.NCn1c2ccccc2c2ccccc21. The fourth-order valence-corrected chi connectivity index (χ4v) is 2.20. The molecule has 0 saturated carbocycles. The highest BCUT2D eigenvalue weighted by atomic mass is 15.0. The predicted octanol–water partition coefficient (Wildman–Crippen LogP) is 3.74.